The first kappa shape index (κ1) is 36.2. The molecule has 0 spiro atoms. The first-order valence-electron chi connectivity index (χ1n) is 22.5. The third-order valence-electron chi connectivity index (χ3n) is 14.2. The molecule has 0 amide bonds. The molecule has 13 aromatic rings. The van der Waals surface area contributed by atoms with E-state index in [1.165, 1.54) is 71.1 Å². The molecule has 14 rings (SSSR count). The zero-order valence-electron chi connectivity index (χ0n) is 35.9. The molecular formula is C61H40N4. The highest BCUT2D eigenvalue weighted by molar-refractivity contribution is 6.15. The maximum Gasteiger partial charge on any atom is 0.0979 e. The lowest BCUT2D eigenvalue weighted by Crippen LogP contribution is -2.16. The van der Waals surface area contributed by atoms with Crippen LogP contribution in [0.1, 0.15) is 25.0 Å². The Bertz CT molecular complexity index is 4110. The maximum atomic E-state index is 5.48. The van der Waals surface area contributed by atoms with Crippen molar-refractivity contribution in [1.82, 2.24) is 19.1 Å². The van der Waals surface area contributed by atoms with Crippen molar-refractivity contribution in [3.63, 3.8) is 0 Å². The van der Waals surface area contributed by atoms with Gasteiger partial charge >= 0.3 is 0 Å². The maximum absolute atomic E-state index is 5.48. The fourth-order valence-corrected chi connectivity index (χ4v) is 11.3. The summed E-state index contributed by atoms with van der Waals surface area (Å²) in [6.07, 6.45) is 0. The molecule has 3 heterocycles. The molecule has 10 aromatic carbocycles. The van der Waals surface area contributed by atoms with Crippen LogP contribution in [0.2, 0.25) is 0 Å². The molecular weight excluding hydrogens is 789 g/mol. The second-order valence-corrected chi connectivity index (χ2v) is 18.1. The molecule has 0 unspecified atom stereocenters. The van der Waals surface area contributed by atoms with Crippen LogP contribution in [0.4, 0.5) is 0 Å². The SMILES string of the molecule is CC1(C)c2ccccc2-c2cccc(-c3nc4ccccc4nc3-c3cccc4cc(-n5c6cc(-n7c8ccccc8c8ccccc87)ccc6c6cc7ccccc7cc65)ccc34)c21. The molecule has 3 aromatic heterocycles. The number of nitrogens with zero attached hydrogens (tertiary/aromatic N) is 4. The summed E-state index contributed by atoms with van der Waals surface area (Å²) >= 11 is 0. The van der Waals surface area contributed by atoms with Gasteiger partial charge in [-0.15, -0.1) is 0 Å². The van der Waals surface area contributed by atoms with E-state index in [1.807, 2.05) is 0 Å². The third-order valence-corrected chi connectivity index (χ3v) is 14.2. The van der Waals surface area contributed by atoms with Crippen LogP contribution in [0.5, 0.6) is 0 Å². The van der Waals surface area contributed by atoms with Gasteiger partial charge in [0.15, 0.2) is 0 Å². The van der Waals surface area contributed by atoms with E-state index in [1.54, 1.807) is 0 Å². The number of fused-ring (bicyclic) bond motifs is 12. The summed E-state index contributed by atoms with van der Waals surface area (Å²) in [5.74, 6) is 0. The molecule has 304 valence electrons. The van der Waals surface area contributed by atoms with Crippen LogP contribution in [0, 0.1) is 0 Å². The Morgan fingerprint density at radius 3 is 1.62 bits per heavy atom. The summed E-state index contributed by atoms with van der Waals surface area (Å²) in [6.45, 7) is 4.69. The van der Waals surface area contributed by atoms with E-state index in [0.29, 0.717) is 0 Å². The Morgan fingerprint density at radius 1 is 0.338 bits per heavy atom. The van der Waals surface area contributed by atoms with Gasteiger partial charge in [0, 0.05) is 49.5 Å². The predicted molar refractivity (Wildman–Crippen MR) is 272 cm³/mol. The van der Waals surface area contributed by atoms with Crippen molar-refractivity contribution in [2.24, 2.45) is 0 Å². The fourth-order valence-electron chi connectivity index (χ4n) is 11.3. The largest absolute Gasteiger partial charge is 0.309 e. The van der Waals surface area contributed by atoms with E-state index < -0.39 is 0 Å². The normalized spacial score (nSPS) is 13.2. The Kier molecular flexibility index (Phi) is 7.42. The molecule has 0 radical (unpaired) electrons. The monoisotopic (exact) mass is 828 g/mol. The number of hydrogen-bond donors (Lipinski definition) is 0. The van der Waals surface area contributed by atoms with Crippen molar-refractivity contribution < 1.29 is 0 Å². The van der Waals surface area contributed by atoms with Crippen LogP contribution >= 0.6 is 0 Å². The molecule has 0 atom stereocenters. The van der Waals surface area contributed by atoms with Gasteiger partial charge in [0.05, 0.1) is 44.5 Å². The molecule has 0 fully saturated rings. The highest BCUT2D eigenvalue weighted by atomic mass is 15.0. The van der Waals surface area contributed by atoms with E-state index in [2.05, 4.69) is 229 Å². The van der Waals surface area contributed by atoms with E-state index >= 15 is 0 Å². The molecule has 0 saturated heterocycles. The van der Waals surface area contributed by atoms with Gasteiger partial charge in [-0.05, 0) is 104 Å². The van der Waals surface area contributed by atoms with Gasteiger partial charge in [0.25, 0.3) is 0 Å². The zero-order chi connectivity index (χ0) is 43.0. The average molecular weight is 829 g/mol. The second-order valence-electron chi connectivity index (χ2n) is 18.1. The highest BCUT2D eigenvalue weighted by Gasteiger charge is 2.38. The molecule has 4 nitrogen and oxygen atoms in total. The van der Waals surface area contributed by atoms with Crippen LogP contribution in [0.25, 0.3) is 121 Å². The van der Waals surface area contributed by atoms with Crippen molar-refractivity contribution in [2.75, 3.05) is 0 Å². The van der Waals surface area contributed by atoms with Crippen LogP contribution in [0.3, 0.4) is 0 Å². The fraction of sp³-hybridized carbons (Fsp3) is 0.0492. The topological polar surface area (TPSA) is 35.6 Å². The molecule has 1 aliphatic rings. The highest BCUT2D eigenvalue weighted by Crippen LogP contribution is 2.53. The van der Waals surface area contributed by atoms with E-state index in [-0.39, 0.29) is 5.41 Å². The summed E-state index contributed by atoms with van der Waals surface area (Å²) in [4.78, 5) is 11.0. The number of benzene rings is 10. The Labute approximate surface area is 375 Å². The summed E-state index contributed by atoms with van der Waals surface area (Å²) in [5, 5.41) is 9.69. The summed E-state index contributed by atoms with van der Waals surface area (Å²) in [5.41, 5.74) is 17.7. The summed E-state index contributed by atoms with van der Waals surface area (Å²) in [7, 11) is 0. The first-order valence-corrected chi connectivity index (χ1v) is 22.5. The first-order chi connectivity index (χ1) is 32.0. The van der Waals surface area contributed by atoms with Crippen LogP contribution in [-0.2, 0) is 5.41 Å². The quantitative estimate of drug-likeness (QED) is 0.177. The lowest BCUT2D eigenvalue weighted by molar-refractivity contribution is 0.662. The lowest BCUT2D eigenvalue weighted by Gasteiger charge is -2.25. The molecule has 0 saturated carbocycles. The Balaban J connectivity index is 1.00. The Morgan fingerprint density at radius 2 is 0.846 bits per heavy atom. The number of aromatic nitrogens is 4. The number of para-hydroxylation sites is 4. The van der Waals surface area contributed by atoms with Gasteiger partial charge in [0.2, 0.25) is 0 Å². The van der Waals surface area contributed by atoms with Crippen molar-refractivity contribution in [3.8, 4) is 45.0 Å². The molecule has 4 heteroatoms. The minimum Gasteiger partial charge on any atom is -0.309 e. The van der Waals surface area contributed by atoms with E-state index in [9.17, 15) is 0 Å². The van der Waals surface area contributed by atoms with Gasteiger partial charge < -0.3 is 9.13 Å². The van der Waals surface area contributed by atoms with Crippen molar-refractivity contribution in [3.05, 3.63) is 217 Å². The van der Waals surface area contributed by atoms with Gasteiger partial charge in [-0.3, -0.25) is 0 Å². The van der Waals surface area contributed by atoms with Crippen LogP contribution in [-0.4, -0.2) is 19.1 Å². The van der Waals surface area contributed by atoms with E-state index in [4.69, 9.17) is 9.97 Å². The third kappa shape index (κ3) is 5.14. The smallest absolute Gasteiger partial charge is 0.0979 e. The molecule has 0 bridgehead atoms. The summed E-state index contributed by atoms with van der Waals surface area (Å²) < 4.78 is 4.88. The molecule has 1 aliphatic carbocycles. The minimum atomic E-state index is -0.212. The van der Waals surface area contributed by atoms with E-state index in [0.717, 1.165) is 61.2 Å². The molecule has 0 aliphatic heterocycles. The van der Waals surface area contributed by atoms with Crippen molar-refractivity contribution in [1.29, 1.82) is 0 Å². The molecule has 0 N–H and O–H groups in total. The molecule has 65 heavy (non-hydrogen) atoms. The number of hydrogen-bond acceptors (Lipinski definition) is 2. The van der Waals surface area contributed by atoms with Gasteiger partial charge in [-0.25, -0.2) is 9.97 Å². The standard InChI is InChI=1S/C61H40N4/c1-61(2)51-24-8-5-18-43(51)47-21-14-23-49(58(47)61)60-59(62-52-25-9-10-26-53(52)63-60)48-22-13-17-39-33-40(29-31-42(39)48)65-56-35-38-16-4-3-15-37(38)34-50(56)46-32-30-41(36-57(46)65)64-54-27-11-6-19-44(54)45-20-7-12-28-55(45)64/h3-36H,1-2H3. The summed E-state index contributed by atoms with van der Waals surface area (Å²) in [6, 6.07) is 75.3. The lowest BCUT2D eigenvalue weighted by atomic mass is 9.79. The van der Waals surface area contributed by atoms with Gasteiger partial charge in [-0.2, -0.15) is 0 Å². The van der Waals surface area contributed by atoms with Crippen molar-refractivity contribution >= 4 is 76.2 Å². The Hall–Kier alpha value is -8.34. The predicted octanol–water partition coefficient (Wildman–Crippen LogP) is 15.8. The van der Waals surface area contributed by atoms with Crippen molar-refractivity contribution in [2.45, 2.75) is 19.3 Å². The minimum absolute atomic E-state index is 0.212. The van der Waals surface area contributed by atoms with Gasteiger partial charge in [0.1, 0.15) is 0 Å². The van der Waals surface area contributed by atoms with Crippen LogP contribution < -0.4 is 0 Å². The van der Waals surface area contributed by atoms with Gasteiger partial charge in [-0.1, -0.05) is 159 Å². The van der Waals surface area contributed by atoms with Crippen LogP contribution in [0.15, 0.2) is 206 Å². The zero-order valence-corrected chi connectivity index (χ0v) is 35.9. The average Bonchev–Trinajstić information content (AvgIpc) is 3.94. The second kappa shape index (κ2) is 13.3. The number of rotatable bonds is 4.